The van der Waals surface area contributed by atoms with Crippen LogP contribution in [0, 0.1) is 13.8 Å². The average Bonchev–Trinajstić information content (AvgIpc) is 3.35. The van der Waals surface area contributed by atoms with Gasteiger partial charge in [0.2, 0.25) is 0 Å². The lowest BCUT2D eigenvalue weighted by atomic mass is 10.1. The normalized spacial score (nSPS) is 11.1. The SMILES string of the molecule is C=Cc1ccc(Cn2nc(-c3cnn(C)c3C)cc2-c2cnn(C)c2C)cc1. The molecule has 0 aliphatic rings. The van der Waals surface area contributed by atoms with Gasteiger partial charge in [-0.3, -0.25) is 14.0 Å². The molecule has 0 N–H and O–H groups in total. The van der Waals surface area contributed by atoms with Crippen LogP contribution in [-0.4, -0.2) is 29.3 Å². The Hall–Kier alpha value is -3.41. The topological polar surface area (TPSA) is 53.5 Å². The van der Waals surface area contributed by atoms with Gasteiger partial charge in [-0.2, -0.15) is 15.3 Å². The largest absolute Gasteiger partial charge is 0.272 e. The lowest BCUT2D eigenvalue weighted by Gasteiger charge is -2.08. The smallest absolute Gasteiger partial charge is 0.0964 e. The predicted octanol–water partition coefficient (Wildman–Crippen LogP) is 3.99. The molecule has 6 nitrogen and oxygen atoms in total. The summed E-state index contributed by atoms with van der Waals surface area (Å²) >= 11 is 0. The Morgan fingerprint density at radius 1 is 0.929 bits per heavy atom. The van der Waals surface area contributed by atoms with Crippen molar-refractivity contribution in [3.8, 4) is 22.5 Å². The van der Waals surface area contributed by atoms with Crippen LogP contribution in [0.15, 0.2) is 49.3 Å². The number of aryl methyl sites for hydroxylation is 2. The molecule has 0 unspecified atom stereocenters. The minimum Gasteiger partial charge on any atom is -0.272 e. The van der Waals surface area contributed by atoms with Crippen molar-refractivity contribution in [2.45, 2.75) is 20.4 Å². The molecule has 0 amide bonds. The summed E-state index contributed by atoms with van der Waals surface area (Å²) in [5.41, 5.74) is 8.61. The fraction of sp³-hybridized carbons (Fsp3) is 0.227. The summed E-state index contributed by atoms with van der Waals surface area (Å²) in [7, 11) is 3.91. The lowest BCUT2D eigenvalue weighted by molar-refractivity contribution is 0.695. The molecule has 6 heteroatoms. The molecule has 4 rings (SSSR count). The molecule has 0 aliphatic heterocycles. The third kappa shape index (κ3) is 3.07. The molecular weight excluding hydrogens is 348 g/mol. The Morgan fingerprint density at radius 2 is 1.54 bits per heavy atom. The molecule has 0 aliphatic carbocycles. The van der Waals surface area contributed by atoms with E-state index in [2.05, 4.69) is 65.6 Å². The van der Waals surface area contributed by atoms with Gasteiger partial charge in [0, 0.05) is 36.6 Å². The molecule has 0 bridgehead atoms. The van der Waals surface area contributed by atoms with Crippen LogP contribution in [0.3, 0.4) is 0 Å². The maximum Gasteiger partial charge on any atom is 0.0964 e. The number of rotatable bonds is 5. The van der Waals surface area contributed by atoms with Crippen molar-refractivity contribution in [1.82, 2.24) is 29.3 Å². The Labute approximate surface area is 164 Å². The molecule has 4 aromatic rings. The third-order valence-electron chi connectivity index (χ3n) is 5.35. The average molecular weight is 372 g/mol. The maximum atomic E-state index is 4.93. The molecule has 0 fully saturated rings. The standard InChI is InChI=1S/C22H24N6/c1-6-17-7-9-18(10-8-17)14-28-22(20-13-24-27(5)16(20)3)11-21(25-28)19-12-23-26(4)15(19)2/h6-13H,1,14H2,2-5H3. The van der Waals surface area contributed by atoms with Gasteiger partial charge in [-0.05, 0) is 31.0 Å². The van der Waals surface area contributed by atoms with Crippen LogP contribution in [0.2, 0.25) is 0 Å². The van der Waals surface area contributed by atoms with Gasteiger partial charge in [-0.15, -0.1) is 0 Å². The van der Waals surface area contributed by atoms with Crippen LogP contribution in [-0.2, 0) is 20.6 Å². The van der Waals surface area contributed by atoms with E-state index < -0.39 is 0 Å². The van der Waals surface area contributed by atoms with Gasteiger partial charge in [0.25, 0.3) is 0 Å². The van der Waals surface area contributed by atoms with E-state index >= 15 is 0 Å². The van der Waals surface area contributed by atoms with Gasteiger partial charge in [0.15, 0.2) is 0 Å². The molecule has 0 saturated heterocycles. The second kappa shape index (κ2) is 6.96. The molecule has 142 valence electrons. The zero-order chi connectivity index (χ0) is 19.8. The summed E-state index contributed by atoms with van der Waals surface area (Å²) < 4.78 is 5.81. The Balaban J connectivity index is 1.81. The molecule has 1 aromatic carbocycles. The molecule has 3 heterocycles. The fourth-order valence-corrected chi connectivity index (χ4v) is 3.32. The van der Waals surface area contributed by atoms with E-state index in [0.717, 1.165) is 39.5 Å². The Kier molecular flexibility index (Phi) is 4.47. The monoisotopic (exact) mass is 372 g/mol. The summed E-state index contributed by atoms with van der Waals surface area (Å²) in [6.07, 6.45) is 5.63. The number of nitrogens with zero attached hydrogens (tertiary/aromatic N) is 6. The summed E-state index contributed by atoms with van der Waals surface area (Å²) in [6, 6.07) is 10.5. The fourth-order valence-electron chi connectivity index (χ4n) is 3.32. The molecule has 0 atom stereocenters. The van der Waals surface area contributed by atoms with Crippen LogP contribution in [0.25, 0.3) is 28.6 Å². The summed E-state index contributed by atoms with van der Waals surface area (Å²) in [5.74, 6) is 0. The van der Waals surface area contributed by atoms with Crippen molar-refractivity contribution in [1.29, 1.82) is 0 Å². The van der Waals surface area contributed by atoms with E-state index in [4.69, 9.17) is 5.10 Å². The highest BCUT2D eigenvalue weighted by molar-refractivity contribution is 5.70. The van der Waals surface area contributed by atoms with E-state index in [1.165, 1.54) is 5.56 Å². The van der Waals surface area contributed by atoms with Crippen LogP contribution >= 0.6 is 0 Å². The quantitative estimate of drug-likeness (QED) is 0.532. The van der Waals surface area contributed by atoms with Crippen molar-refractivity contribution in [2.75, 3.05) is 0 Å². The van der Waals surface area contributed by atoms with Gasteiger partial charge in [0.05, 0.1) is 30.3 Å². The third-order valence-corrected chi connectivity index (χ3v) is 5.35. The minimum atomic E-state index is 0.681. The second-order valence-electron chi connectivity index (χ2n) is 7.05. The highest BCUT2D eigenvalue weighted by Crippen LogP contribution is 2.30. The van der Waals surface area contributed by atoms with E-state index in [1.807, 2.05) is 41.9 Å². The molecule has 28 heavy (non-hydrogen) atoms. The number of benzene rings is 1. The van der Waals surface area contributed by atoms with Crippen molar-refractivity contribution in [2.24, 2.45) is 14.1 Å². The zero-order valence-electron chi connectivity index (χ0n) is 16.7. The molecule has 0 saturated carbocycles. The van der Waals surface area contributed by atoms with Crippen LogP contribution in [0.4, 0.5) is 0 Å². The van der Waals surface area contributed by atoms with Gasteiger partial charge < -0.3 is 0 Å². The summed E-state index contributed by atoms with van der Waals surface area (Å²) in [5, 5.41) is 13.7. The van der Waals surface area contributed by atoms with E-state index in [9.17, 15) is 0 Å². The highest BCUT2D eigenvalue weighted by atomic mass is 15.3. The van der Waals surface area contributed by atoms with Crippen molar-refractivity contribution in [3.05, 3.63) is 71.8 Å². The Morgan fingerprint density at radius 3 is 2.07 bits per heavy atom. The molecule has 0 radical (unpaired) electrons. The van der Waals surface area contributed by atoms with E-state index in [1.54, 1.807) is 0 Å². The number of hydrogen-bond acceptors (Lipinski definition) is 3. The van der Waals surface area contributed by atoms with Gasteiger partial charge in [-0.1, -0.05) is 36.9 Å². The summed E-state index contributed by atoms with van der Waals surface area (Å²) in [4.78, 5) is 0. The zero-order valence-corrected chi connectivity index (χ0v) is 16.7. The van der Waals surface area contributed by atoms with Crippen LogP contribution in [0.5, 0.6) is 0 Å². The minimum absolute atomic E-state index is 0.681. The van der Waals surface area contributed by atoms with Crippen LogP contribution in [0.1, 0.15) is 22.5 Å². The molecular formula is C22H24N6. The first-order valence-electron chi connectivity index (χ1n) is 9.25. The number of aromatic nitrogens is 6. The second-order valence-corrected chi connectivity index (χ2v) is 7.05. The van der Waals surface area contributed by atoms with Crippen molar-refractivity contribution >= 4 is 6.08 Å². The van der Waals surface area contributed by atoms with Crippen molar-refractivity contribution in [3.63, 3.8) is 0 Å². The van der Waals surface area contributed by atoms with E-state index in [-0.39, 0.29) is 0 Å². The first-order chi connectivity index (χ1) is 13.5. The maximum absolute atomic E-state index is 4.93. The molecule has 0 spiro atoms. The van der Waals surface area contributed by atoms with Gasteiger partial charge in [0.1, 0.15) is 0 Å². The highest BCUT2D eigenvalue weighted by Gasteiger charge is 2.18. The van der Waals surface area contributed by atoms with Gasteiger partial charge >= 0.3 is 0 Å². The Bertz CT molecular complexity index is 1140. The van der Waals surface area contributed by atoms with E-state index in [0.29, 0.717) is 6.54 Å². The molecule has 3 aromatic heterocycles. The predicted molar refractivity (Wildman–Crippen MR) is 112 cm³/mol. The van der Waals surface area contributed by atoms with Gasteiger partial charge in [-0.25, -0.2) is 0 Å². The number of hydrogen-bond donors (Lipinski definition) is 0. The lowest BCUT2D eigenvalue weighted by Crippen LogP contribution is -2.04. The first kappa shape index (κ1) is 18.0. The summed E-state index contributed by atoms with van der Waals surface area (Å²) in [6.45, 7) is 8.64. The van der Waals surface area contributed by atoms with Crippen LogP contribution < -0.4 is 0 Å². The first-order valence-corrected chi connectivity index (χ1v) is 9.25. The van der Waals surface area contributed by atoms with Crippen molar-refractivity contribution < 1.29 is 0 Å².